The van der Waals surface area contributed by atoms with Gasteiger partial charge in [0, 0.05) is 25.0 Å². The Hall–Kier alpha value is -5.74. The highest BCUT2D eigenvalue weighted by Crippen LogP contribution is 2.08. The van der Waals surface area contributed by atoms with E-state index in [0.29, 0.717) is 11.1 Å². The van der Waals surface area contributed by atoms with E-state index in [4.69, 9.17) is 5.73 Å². The zero-order valence-electron chi connectivity index (χ0n) is 29.1. The monoisotopic (exact) mass is 747 g/mol. The van der Waals surface area contributed by atoms with Crippen molar-refractivity contribution >= 4 is 54.0 Å². The van der Waals surface area contributed by atoms with Crippen LogP contribution in [0.4, 0.5) is 0 Å². The van der Waals surface area contributed by atoms with E-state index in [1.807, 2.05) is 0 Å². The second-order valence-electron chi connectivity index (χ2n) is 12.1. The fourth-order valence-corrected chi connectivity index (χ4v) is 5.50. The van der Waals surface area contributed by atoms with Crippen molar-refractivity contribution in [2.45, 2.75) is 55.9 Å². The van der Waals surface area contributed by atoms with E-state index in [1.54, 1.807) is 91.0 Å². The summed E-state index contributed by atoms with van der Waals surface area (Å²) >= 11 is 4.22. The molecule has 0 radical (unpaired) electrons. The van der Waals surface area contributed by atoms with Crippen LogP contribution in [0.1, 0.15) is 23.1 Å². The lowest BCUT2D eigenvalue weighted by Crippen LogP contribution is -2.58. The van der Waals surface area contributed by atoms with Gasteiger partial charge in [0.05, 0.1) is 19.0 Å². The number of hydrogen-bond donors (Lipinski definition) is 9. The third kappa shape index (κ3) is 14.4. The highest BCUT2D eigenvalue weighted by Gasteiger charge is 2.30. The third-order valence-electron chi connectivity index (χ3n) is 8.08. The van der Waals surface area contributed by atoms with Crippen molar-refractivity contribution < 1.29 is 38.7 Å². The summed E-state index contributed by atoms with van der Waals surface area (Å²) in [6.07, 6.45) is -0.336. The molecular weight excluding hydrogens is 703 g/mol. The van der Waals surface area contributed by atoms with Crippen molar-refractivity contribution in [2.75, 3.05) is 19.3 Å². The van der Waals surface area contributed by atoms with Crippen LogP contribution in [-0.2, 0) is 52.8 Å². The maximum Gasteiger partial charge on any atom is 0.305 e. The molecule has 9 N–H and O–H groups in total. The molecule has 3 aromatic carbocycles. The van der Waals surface area contributed by atoms with Crippen LogP contribution in [0.5, 0.6) is 0 Å². The number of carboxylic acids is 1. The molecule has 0 aromatic heterocycles. The Labute approximate surface area is 312 Å². The minimum absolute atomic E-state index is 0.0207. The van der Waals surface area contributed by atoms with E-state index in [1.165, 1.54) is 7.05 Å². The highest BCUT2D eigenvalue weighted by atomic mass is 32.1. The molecule has 0 saturated carbocycles. The van der Waals surface area contributed by atoms with Gasteiger partial charge in [0.25, 0.3) is 0 Å². The van der Waals surface area contributed by atoms with Gasteiger partial charge in [0.15, 0.2) is 0 Å². The Balaban J connectivity index is 1.70. The number of hydrogen-bond acceptors (Lipinski definition) is 9. The number of aliphatic carboxylic acids is 1. The molecule has 6 amide bonds. The quantitative estimate of drug-likeness (QED) is 0.0623. The predicted molar refractivity (Wildman–Crippen MR) is 199 cm³/mol. The van der Waals surface area contributed by atoms with Crippen molar-refractivity contribution in [2.24, 2.45) is 5.73 Å². The van der Waals surface area contributed by atoms with E-state index < -0.39 is 84.6 Å². The number of carboxylic acid groups (broad SMARTS) is 1. The summed E-state index contributed by atoms with van der Waals surface area (Å²) in [6, 6.07) is 20.7. The Morgan fingerprint density at radius 2 is 0.981 bits per heavy atom. The summed E-state index contributed by atoms with van der Waals surface area (Å²) in [5.74, 6) is -5.76. The number of nitrogens with two attached hydrogens (primary N) is 1. The van der Waals surface area contributed by atoms with Crippen LogP contribution in [0.15, 0.2) is 91.0 Å². The number of rotatable bonds is 21. The Bertz CT molecular complexity index is 1700. The number of primary amides is 1. The van der Waals surface area contributed by atoms with Gasteiger partial charge in [0.2, 0.25) is 35.4 Å². The van der Waals surface area contributed by atoms with Crippen molar-refractivity contribution in [3.63, 3.8) is 0 Å². The molecule has 53 heavy (non-hydrogen) atoms. The topological polar surface area (TPSA) is 238 Å². The van der Waals surface area contributed by atoms with Gasteiger partial charge in [-0.25, -0.2) is 0 Å². The van der Waals surface area contributed by atoms with Crippen LogP contribution in [0.2, 0.25) is 0 Å². The first-order chi connectivity index (χ1) is 25.4. The van der Waals surface area contributed by atoms with Crippen molar-refractivity contribution in [1.29, 1.82) is 0 Å². The first-order valence-electron chi connectivity index (χ1n) is 16.8. The number of likely N-dealkylation sites (N-methyl/N-ethyl adjacent to an activating group) is 1. The maximum absolute atomic E-state index is 13.6. The number of carbonyl (C=O) groups is 7. The standard InChI is InChI=1S/C37H45N7O8S/c1-39-27(20-32(46)47)35(50)43-28(18-24-13-7-3-8-14-24)34(49)40-21-31(45)41-29(19-25-15-9-4-10-16-25)36(51)44-30(22-53)37(52)42-26(33(38)48)17-23-11-5-2-6-12-23/h2-16,26-30,39,53H,17-22H2,1H3,(H2,38,48)(H,40,49)(H,41,45)(H,42,52)(H,43,50)(H,44,51)(H,46,47)/t26-,27-,28-,29-,30-/m0/s1. The Kier molecular flexibility index (Phi) is 17.0. The normalized spacial score (nSPS) is 13.5. The average molecular weight is 748 g/mol. The summed E-state index contributed by atoms with van der Waals surface area (Å²) in [7, 11) is 1.42. The second kappa shape index (κ2) is 21.6. The summed E-state index contributed by atoms with van der Waals surface area (Å²) in [5, 5.41) is 24.6. The molecule has 0 unspecified atom stereocenters. The number of nitrogens with one attached hydrogen (secondary N) is 6. The Morgan fingerprint density at radius 1 is 0.585 bits per heavy atom. The smallest absolute Gasteiger partial charge is 0.305 e. The number of thiol groups is 1. The molecule has 0 aliphatic carbocycles. The maximum atomic E-state index is 13.6. The van der Waals surface area contributed by atoms with Gasteiger partial charge in [-0.05, 0) is 23.7 Å². The van der Waals surface area contributed by atoms with Crippen LogP contribution >= 0.6 is 12.6 Å². The number of benzene rings is 3. The van der Waals surface area contributed by atoms with Gasteiger partial charge in [-0.1, -0.05) is 91.0 Å². The molecule has 16 heteroatoms. The van der Waals surface area contributed by atoms with Gasteiger partial charge < -0.3 is 42.7 Å². The van der Waals surface area contributed by atoms with Crippen LogP contribution in [0, 0.1) is 0 Å². The molecule has 0 saturated heterocycles. The lowest BCUT2D eigenvalue weighted by molar-refractivity contribution is -0.140. The SMILES string of the molecule is CN[C@@H](CC(=O)O)C(=O)N[C@@H](Cc1ccccc1)C(=O)NCC(=O)N[C@@H](Cc1ccccc1)C(=O)N[C@@H](CS)C(=O)N[C@@H](Cc1ccccc1)C(N)=O. The molecule has 0 aliphatic rings. The predicted octanol–water partition coefficient (Wildman–Crippen LogP) is -0.752. The minimum atomic E-state index is -1.21. The zero-order chi connectivity index (χ0) is 38.8. The third-order valence-corrected chi connectivity index (χ3v) is 8.44. The van der Waals surface area contributed by atoms with E-state index in [0.717, 1.165) is 5.56 Å². The molecule has 282 valence electrons. The fourth-order valence-electron chi connectivity index (χ4n) is 5.24. The van der Waals surface area contributed by atoms with Gasteiger partial charge in [-0.15, -0.1) is 0 Å². The van der Waals surface area contributed by atoms with Crippen LogP contribution in [0.25, 0.3) is 0 Å². The van der Waals surface area contributed by atoms with E-state index in [9.17, 15) is 38.7 Å². The lowest BCUT2D eigenvalue weighted by atomic mass is 10.0. The van der Waals surface area contributed by atoms with Gasteiger partial charge in [0.1, 0.15) is 24.2 Å². The number of carbonyl (C=O) groups excluding carboxylic acids is 6. The summed E-state index contributed by atoms with van der Waals surface area (Å²) < 4.78 is 0. The largest absolute Gasteiger partial charge is 0.481 e. The second-order valence-corrected chi connectivity index (χ2v) is 12.5. The van der Waals surface area contributed by atoms with Crippen LogP contribution in [0.3, 0.4) is 0 Å². The molecule has 5 atom stereocenters. The molecule has 3 rings (SSSR count). The van der Waals surface area contributed by atoms with Gasteiger partial charge in [-0.2, -0.15) is 12.6 Å². The van der Waals surface area contributed by atoms with Crippen molar-refractivity contribution in [3.05, 3.63) is 108 Å². The molecule has 15 nitrogen and oxygen atoms in total. The molecule has 0 fully saturated rings. The van der Waals surface area contributed by atoms with E-state index in [2.05, 4.69) is 44.5 Å². The average Bonchev–Trinajstić information content (AvgIpc) is 3.15. The van der Waals surface area contributed by atoms with E-state index >= 15 is 0 Å². The first kappa shape index (κ1) is 41.7. The zero-order valence-corrected chi connectivity index (χ0v) is 30.0. The summed E-state index contributed by atoms with van der Waals surface area (Å²) in [5.41, 5.74) is 7.69. The molecular formula is C37H45N7O8S. The van der Waals surface area contributed by atoms with Crippen LogP contribution in [-0.4, -0.2) is 96.1 Å². The van der Waals surface area contributed by atoms with Gasteiger partial charge in [-0.3, -0.25) is 33.6 Å². The molecule has 0 heterocycles. The van der Waals surface area contributed by atoms with Crippen molar-refractivity contribution in [1.82, 2.24) is 31.9 Å². The molecule has 0 aliphatic heterocycles. The van der Waals surface area contributed by atoms with Crippen molar-refractivity contribution in [3.8, 4) is 0 Å². The molecule has 3 aromatic rings. The summed E-state index contributed by atoms with van der Waals surface area (Å²) in [4.78, 5) is 89.6. The lowest BCUT2D eigenvalue weighted by Gasteiger charge is -2.24. The summed E-state index contributed by atoms with van der Waals surface area (Å²) in [6.45, 7) is -0.584. The van der Waals surface area contributed by atoms with E-state index in [-0.39, 0.29) is 25.0 Å². The number of amides is 6. The highest BCUT2D eigenvalue weighted by molar-refractivity contribution is 7.80. The molecule has 0 spiro atoms. The van der Waals surface area contributed by atoms with Crippen LogP contribution < -0.4 is 37.6 Å². The fraction of sp³-hybridized carbons (Fsp3) is 0.324. The minimum Gasteiger partial charge on any atom is -0.481 e. The molecule has 0 bridgehead atoms. The van der Waals surface area contributed by atoms with Gasteiger partial charge >= 0.3 is 5.97 Å². The Morgan fingerprint density at radius 3 is 1.42 bits per heavy atom. The first-order valence-corrected chi connectivity index (χ1v) is 17.4.